The van der Waals surface area contributed by atoms with E-state index in [1.165, 1.54) is 11.8 Å². The van der Waals surface area contributed by atoms with E-state index in [4.69, 9.17) is 16.0 Å². The maximum absolute atomic E-state index is 12.1. The van der Waals surface area contributed by atoms with E-state index in [-0.39, 0.29) is 17.2 Å². The summed E-state index contributed by atoms with van der Waals surface area (Å²) >= 11 is 7.20. The number of rotatable bonds is 6. The highest BCUT2D eigenvalue weighted by atomic mass is 35.5. The van der Waals surface area contributed by atoms with Crippen molar-refractivity contribution in [1.82, 2.24) is 25.5 Å². The molecule has 0 atom stereocenters. The SMILES string of the molecule is CC(C)(C)n1nnnc1SCC(=O)NCc1ccc(-c2ccc(Cl)cc2)o1. The first-order chi connectivity index (χ1) is 12.8. The minimum atomic E-state index is -0.242. The molecule has 1 aromatic carbocycles. The lowest BCUT2D eigenvalue weighted by Crippen LogP contribution is -2.26. The van der Waals surface area contributed by atoms with E-state index in [2.05, 4.69) is 20.8 Å². The van der Waals surface area contributed by atoms with Crippen molar-refractivity contribution in [2.24, 2.45) is 0 Å². The molecule has 3 rings (SSSR count). The van der Waals surface area contributed by atoms with E-state index >= 15 is 0 Å². The monoisotopic (exact) mass is 405 g/mol. The Hall–Kier alpha value is -2.32. The van der Waals surface area contributed by atoms with E-state index in [9.17, 15) is 4.79 Å². The number of hydrogen-bond donors (Lipinski definition) is 1. The van der Waals surface area contributed by atoms with Crippen molar-refractivity contribution in [2.45, 2.75) is 38.0 Å². The summed E-state index contributed by atoms with van der Waals surface area (Å²) in [6, 6.07) is 11.1. The molecule has 0 unspecified atom stereocenters. The Balaban J connectivity index is 1.51. The van der Waals surface area contributed by atoms with Gasteiger partial charge in [-0.15, -0.1) is 5.10 Å². The van der Waals surface area contributed by atoms with Gasteiger partial charge in [-0.3, -0.25) is 4.79 Å². The van der Waals surface area contributed by atoms with Gasteiger partial charge in [-0.25, -0.2) is 4.68 Å². The molecule has 9 heteroatoms. The van der Waals surface area contributed by atoms with Gasteiger partial charge >= 0.3 is 0 Å². The van der Waals surface area contributed by atoms with Crippen LogP contribution < -0.4 is 5.32 Å². The van der Waals surface area contributed by atoms with Crippen LogP contribution in [0.15, 0.2) is 46.0 Å². The Morgan fingerprint density at radius 3 is 2.67 bits per heavy atom. The van der Waals surface area contributed by atoms with Crippen LogP contribution in [-0.2, 0) is 16.9 Å². The van der Waals surface area contributed by atoms with Crippen LogP contribution in [-0.4, -0.2) is 31.9 Å². The zero-order chi connectivity index (χ0) is 19.4. The molecule has 142 valence electrons. The lowest BCUT2D eigenvalue weighted by atomic mass is 10.1. The van der Waals surface area contributed by atoms with Crippen LogP contribution in [0.25, 0.3) is 11.3 Å². The number of carbonyl (C=O) groups excluding carboxylic acids is 1. The van der Waals surface area contributed by atoms with Crippen molar-refractivity contribution in [2.75, 3.05) is 5.75 Å². The fourth-order valence-corrected chi connectivity index (χ4v) is 3.31. The molecule has 0 saturated heterocycles. The molecule has 0 spiro atoms. The Kier molecular flexibility index (Phi) is 5.86. The van der Waals surface area contributed by atoms with E-state index in [0.29, 0.717) is 22.5 Å². The van der Waals surface area contributed by atoms with Crippen LogP contribution in [0, 0.1) is 0 Å². The van der Waals surface area contributed by atoms with Gasteiger partial charge in [-0.2, -0.15) is 0 Å². The molecule has 2 heterocycles. The summed E-state index contributed by atoms with van der Waals surface area (Å²) in [4.78, 5) is 12.1. The second-order valence-corrected chi connectivity index (χ2v) is 8.26. The number of halogens is 1. The number of tetrazole rings is 1. The van der Waals surface area contributed by atoms with E-state index < -0.39 is 0 Å². The summed E-state index contributed by atoms with van der Waals surface area (Å²) in [7, 11) is 0. The molecular weight excluding hydrogens is 386 g/mol. The maximum atomic E-state index is 12.1. The molecule has 1 N–H and O–H groups in total. The molecule has 0 fully saturated rings. The van der Waals surface area contributed by atoms with E-state index in [0.717, 1.165) is 11.3 Å². The minimum Gasteiger partial charge on any atom is -0.459 e. The lowest BCUT2D eigenvalue weighted by Gasteiger charge is -2.19. The maximum Gasteiger partial charge on any atom is 0.230 e. The highest BCUT2D eigenvalue weighted by molar-refractivity contribution is 7.99. The molecule has 0 aliphatic rings. The standard InChI is InChI=1S/C18H20ClN5O2S/c1-18(2,3)24-17(21-22-23-24)27-11-16(25)20-10-14-8-9-15(26-14)12-4-6-13(19)7-5-12/h4-9H,10-11H2,1-3H3,(H,20,25). The van der Waals surface area contributed by atoms with Crippen molar-refractivity contribution >= 4 is 29.3 Å². The molecule has 3 aromatic rings. The third-order valence-electron chi connectivity index (χ3n) is 3.66. The average Bonchev–Trinajstić information content (AvgIpc) is 3.28. The Labute approximate surface area is 166 Å². The van der Waals surface area contributed by atoms with Crippen LogP contribution in [0.2, 0.25) is 5.02 Å². The highest BCUT2D eigenvalue weighted by Gasteiger charge is 2.20. The third kappa shape index (κ3) is 5.11. The normalized spacial score (nSPS) is 11.6. The zero-order valence-corrected chi connectivity index (χ0v) is 16.8. The van der Waals surface area contributed by atoms with Gasteiger partial charge in [-0.05, 0) is 67.6 Å². The Morgan fingerprint density at radius 2 is 1.96 bits per heavy atom. The smallest absolute Gasteiger partial charge is 0.230 e. The number of amides is 1. The number of carbonyl (C=O) groups is 1. The minimum absolute atomic E-state index is 0.118. The van der Waals surface area contributed by atoms with Crippen LogP contribution in [0.3, 0.4) is 0 Å². The number of nitrogens with one attached hydrogen (secondary N) is 1. The summed E-state index contributed by atoms with van der Waals surface area (Å²) in [5.74, 6) is 1.52. The number of aromatic nitrogens is 4. The fourth-order valence-electron chi connectivity index (χ4n) is 2.30. The van der Waals surface area contributed by atoms with E-state index in [1.807, 2.05) is 57.2 Å². The average molecular weight is 406 g/mol. The first-order valence-electron chi connectivity index (χ1n) is 8.36. The number of hydrogen-bond acceptors (Lipinski definition) is 6. The molecule has 2 aromatic heterocycles. The molecule has 7 nitrogen and oxygen atoms in total. The Bertz CT molecular complexity index is 914. The summed E-state index contributed by atoms with van der Waals surface area (Å²) in [5.41, 5.74) is 0.690. The molecule has 0 aliphatic heterocycles. The summed E-state index contributed by atoms with van der Waals surface area (Å²) in [6.45, 7) is 6.32. The number of thioether (sulfide) groups is 1. The second-order valence-electron chi connectivity index (χ2n) is 6.88. The largest absolute Gasteiger partial charge is 0.459 e. The lowest BCUT2D eigenvalue weighted by molar-refractivity contribution is -0.118. The Morgan fingerprint density at radius 1 is 1.22 bits per heavy atom. The van der Waals surface area contributed by atoms with Crippen LogP contribution in [0.5, 0.6) is 0 Å². The first kappa shape index (κ1) is 19.4. The zero-order valence-electron chi connectivity index (χ0n) is 15.3. The molecule has 0 bridgehead atoms. The predicted molar refractivity (Wildman–Crippen MR) is 105 cm³/mol. The third-order valence-corrected chi connectivity index (χ3v) is 4.83. The van der Waals surface area contributed by atoms with Crippen molar-refractivity contribution < 1.29 is 9.21 Å². The number of nitrogens with zero attached hydrogens (tertiary/aromatic N) is 4. The van der Waals surface area contributed by atoms with Gasteiger partial charge in [0.2, 0.25) is 11.1 Å². The van der Waals surface area contributed by atoms with Crippen molar-refractivity contribution in [3.05, 3.63) is 47.2 Å². The van der Waals surface area contributed by atoms with Crippen molar-refractivity contribution in [3.63, 3.8) is 0 Å². The van der Waals surface area contributed by atoms with Gasteiger partial charge in [-0.1, -0.05) is 23.4 Å². The van der Waals surface area contributed by atoms with Crippen molar-refractivity contribution in [1.29, 1.82) is 0 Å². The molecule has 0 saturated carbocycles. The van der Waals surface area contributed by atoms with Gasteiger partial charge in [0, 0.05) is 10.6 Å². The van der Waals surface area contributed by atoms with E-state index in [1.54, 1.807) is 4.68 Å². The molecule has 27 heavy (non-hydrogen) atoms. The topological polar surface area (TPSA) is 85.8 Å². The van der Waals surface area contributed by atoms with Gasteiger partial charge in [0.1, 0.15) is 11.5 Å². The quantitative estimate of drug-likeness (QED) is 0.628. The van der Waals surface area contributed by atoms with Gasteiger partial charge in [0.25, 0.3) is 0 Å². The second kappa shape index (κ2) is 8.14. The summed E-state index contributed by atoms with van der Waals surface area (Å²) in [6.07, 6.45) is 0. The van der Waals surface area contributed by atoms with Crippen LogP contribution >= 0.6 is 23.4 Å². The van der Waals surface area contributed by atoms with Gasteiger partial charge in [0.05, 0.1) is 17.8 Å². The first-order valence-corrected chi connectivity index (χ1v) is 9.72. The van der Waals surface area contributed by atoms with Gasteiger partial charge in [0.15, 0.2) is 0 Å². The molecule has 0 radical (unpaired) electrons. The van der Waals surface area contributed by atoms with Crippen molar-refractivity contribution in [3.8, 4) is 11.3 Å². The fraction of sp³-hybridized carbons (Fsp3) is 0.333. The van der Waals surface area contributed by atoms with Gasteiger partial charge < -0.3 is 9.73 Å². The van der Waals surface area contributed by atoms with Crippen LogP contribution in [0.4, 0.5) is 0 Å². The predicted octanol–water partition coefficient (Wildman–Crippen LogP) is 3.75. The summed E-state index contributed by atoms with van der Waals surface area (Å²) < 4.78 is 7.48. The highest BCUT2D eigenvalue weighted by Crippen LogP contribution is 2.24. The summed E-state index contributed by atoms with van der Waals surface area (Å²) in [5, 5.41) is 15.8. The van der Waals surface area contributed by atoms with Crippen LogP contribution in [0.1, 0.15) is 26.5 Å². The molecule has 1 amide bonds. The molecular formula is C18H20ClN5O2S. The number of benzene rings is 1. The molecule has 0 aliphatic carbocycles. The number of furan rings is 1.